The summed E-state index contributed by atoms with van der Waals surface area (Å²) in [5.74, 6) is 0.903. The van der Waals surface area contributed by atoms with Gasteiger partial charge in [0.15, 0.2) is 11.0 Å². The zero-order valence-electron chi connectivity index (χ0n) is 18.0. The molecule has 10 heteroatoms. The van der Waals surface area contributed by atoms with E-state index in [1.54, 1.807) is 0 Å². The Hall–Kier alpha value is -1.78. The number of benzene rings is 2. The molecule has 5 nitrogen and oxygen atoms in total. The van der Waals surface area contributed by atoms with Gasteiger partial charge in [-0.25, -0.2) is 8.78 Å². The molecule has 0 amide bonds. The third-order valence-corrected chi connectivity index (χ3v) is 7.70. The van der Waals surface area contributed by atoms with Crippen molar-refractivity contribution < 1.29 is 13.9 Å². The van der Waals surface area contributed by atoms with Crippen molar-refractivity contribution in [2.75, 3.05) is 17.6 Å². The summed E-state index contributed by atoms with van der Waals surface area (Å²) in [6.45, 7) is 2.42. The van der Waals surface area contributed by atoms with Gasteiger partial charge in [-0.1, -0.05) is 36.7 Å². The van der Waals surface area contributed by atoms with Crippen LogP contribution in [0.5, 0.6) is 0 Å². The van der Waals surface area contributed by atoms with Crippen LogP contribution in [0.3, 0.4) is 0 Å². The van der Waals surface area contributed by atoms with Crippen LogP contribution in [0.2, 0.25) is 5.15 Å². The number of hydrogen-bond acceptors (Lipinski definition) is 7. The maximum Gasteiger partial charge on any atom is 0.186 e. The molecule has 0 bridgehead atoms. The Morgan fingerprint density at radius 3 is 2.64 bits per heavy atom. The van der Waals surface area contributed by atoms with Crippen LogP contribution in [-0.4, -0.2) is 38.3 Å². The molecule has 3 aromatic rings. The van der Waals surface area contributed by atoms with Gasteiger partial charge in [-0.15, -0.1) is 0 Å². The van der Waals surface area contributed by atoms with Crippen LogP contribution in [0.25, 0.3) is 0 Å². The van der Waals surface area contributed by atoms with E-state index in [0.29, 0.717) is 11.4 Å². The van der Waals surface area contributed by atoms with Crippen molar-refractivity contribution in [3.63, 3.8) is 0 Å². The number of nitrogens with zero attached hydrogens (tertiary/aromatic N) is 2. The molecule has 0 saturated heterocycles. The first-order chi connectivity index (χ1) is 15.9. The van der Waals surface area contributed by atoms with Gasteiger partial charge in [0.2, 0.25) is 0 Å². The molecule has 3 atom stereocenters. The van der Waals surface area contributed by atoms with Gasteiger partial charge in [0.05, 0.1) is 23.9 Å². The van der Waals surface area contributed by atoms with E-state index in [2.05, 4.69) is 44.5 Å². The second-order valence-electron chi connectivity index (χ2n) is 8.07. The molecule has 4 rings (SSSR count). The van der Waals surface area contributed by atoms with Crippen LogP contribution in [0.15, 0.2) is 36.4 Å². The molecular formula is C23H25ClF2N4OS2. The zero-order valence-corrected chi connectivity index (χ0v) is 20.4. The van der Waals surface area contributed by atoms with Crippen molar-refractivity contribution in [1.82, 2.24) is 14.1 Å². The summed E-state index contributed by atoms with van der Waals surface area (Å²) in [4.78, 5) is 0. The number of aromatic nitrogens is 2. The minimum atomic E-state index is -0.876. The maximum atomic E-state index is 13.7. The molecule has 2 aromatic carbocycles. The molecule has 33 heavy (non-hydrogen) atoms. The Morgan fingerprint density at radius 1 is 1.15 bits per heavy atom. The van der Waals surface area contributed by atoms with E-state index in [-0.39, 0.29) is 24.2 Å². The van der Waals surface area contributed by atoms with Crippen molar-refractivity contribution in [2.24, 2.45) is 0 Å². The van der Waals surface area contributed by atoms with E-state index in [1.165, 1.54) is 28.8 Å². The highest BCUT2D eigenvalue weighted by atomic mass is 35.5. The monoisotopic (exact) mass is 510 g/mol. The third kappa shape index (κ3) is 6.22. The van der Waals surface area contributed by atoms with Gasteiger partial charge in [-0.2, -0.15) is 20.5 Å². The number of anilines is 1. The van der Waals surface area contributed by atoms with Crippen LogP contribution in [-0.2, 0) is 18.6 Å². The molecule has 0 fully saturated rings. The Morgan fingerprint density at radius 2 is 1.94 bits per heavy atom. The molecule has 3 unspecified atom stereocenters. The van der Waals surface area contributed by atoms with Crippen molar-refractivity contribution in [2.45, 2.75) is 43.7 Å². The molecule has 3 N–H and O–H groups in total. The number of thioether (sulfide) groups is 1. The molecule has 176 valence electrons. The second-order valence-corrected chi connectivity index (χ2v) is 9.98. The van der Waals surface area contributed by atoms with Crippen molar-refractivity contribution in [3.05, 3.63) is 75.4 Å². The molecule has 0 saturated carbocycles. The topological polar surface area (TPSA) is 70.1 Å². The van der Waals surface area contributed by atoms with E-state index in [0.717, 1.165) is 35.7 Å². The summed E-state index contributed by atoms with van der Waals surface area (Å²) in [5, 5.41) is 17.9. The predicted molar refractivity (Wildman–Crippen MR) is 131 cm³/mol. The second kappa shape index (κ2) is 11.1. The lowest BCUT2D eigenvalue weighted by Crippen LogP contribution is -2.44. The average molecular weight is 511 g/mol. The zero-order chi connectivity index (χ0) is 23.4. The quantitative estimate of drug-likeness (QED) is 0.376. The van der Waals surface area contributed by atoms with Crippen LogP contribution < -0.4 is 10.6 Å². The van der Waals surface area contributed by atoms with Crippen LogP contribution in [0.4, 0.5) is 14.6 Å². The number of halogens is 3. The molecular weight excluding hydrogens is 486 g/mol. The van der Waals surface area contributed by atoms with Gasteiger partial charge in [-0.05, 0) is 47.2 Å². The van der Waals surface area contributed by atoms with E-state index in [9.17, 15) is 13.9 Å². The summed E-state index contributed by atoms with van der Waals surface area (Å²) in [6.07, 6.45) is 0.272. The van der Waals surface area contributed by atoms with Gasteiger partial charge in [0, 0.05) is 30.2 Å². The van der Waals surface area contributed by atoms with Crippen LogP contribution >= 0.6 is 35.1 Å². The Bertz CT molecular complexity index is 1080. The predicted octanol–water partition coefficient (Wildman–Crippen LogP) is 4.99. The molecule has 1 aliphatic rings. The maximum absolute atomic E-state index is 13.7. The van der Waals surface area contributed by atoms with Crippen LogP contribution in [0, 0.1) is 11.6 Å². The van der Waals surface area contributed by atoms with Gasteiger partial charge in [0.1, 0.15) is 11.6 Å². The van der Waals surface area contributed by atoms with E-state index in [4.69, 9.17) is 11.6 Å². The summed E-state index contributed by atoms with van der Waals surface area (Å²) >= 11 is 8.88. The van der Waals surface area contributed by atoms with Gasteiger partial charge in [0.25, 0.3) is 0 Å². The first-order valence-electron chi connectivity index (χ1n) is 10.7. The number of hydrogen-bond donors (Lipinski definition) is 3. The normalized spacial score (nSPS) is 17.4. The summed E-state index contributed by atoms with van der Waals surface area (Å²) in [7, 11) is 0. The fourth-order valence-electron chi connectivity index (χ4n) is 3.98. The Kier molecular flexibility index (Phi) is 8.19. The molecule has 1 aromatic heterocycles. The smallest absolute Gasteiger partial charge is 0.186 e. The number of fused-ring (bicyclic) bond motifs is 1. The van der Waals surface area contributed by atoms with Gasteiger partial charge < -0.3 is 15.7 Å². The summed E-state index contributed by atoms with van der Waals surface area (Å²) < 4.78 is 35.5. The third-order valence-electron chi connectivity index (χ3n) is 5.72. The number of nitrogens with one attached hydrogen (secondary N) is 2. The lowest BCUT2D eigenvalue weighted by Gasteiger charge is -2.30. The molecule has 2 heterocycles. The lowest BCUT2D eigenvalue weighted by molar-refractivity contribution is 0.146. The van der Waals surface area contributed by atoms with Crippen LogP contribution in [0.1, 0.15) is 35.2 Å². The fraction of sp³-hybridized carbons (Fsp3) is 0.391. The molecule has 1 aliphatic heterocycles. The lowest BCUT2D eigenvalue weighted by atomic mass is 9.97. The molecule has 0 radical (unpaired) electrons. The highest BCUT2D eigenvalue weighted by Crippen LogP contribution is 2.32. The Labute approximate surface area is 205 Å². The standard InChI is InChI=1S/C23H25ClF2N4OS2/c1-2-13-3-4-15-11-32-12-20(18(15)7-13)27-10-21(31)19(28-23-22(24)29-33-30-23)8-14-5-16(25)9-17(26)6-14/h3-7,9,19-21,27,31H,2,8,10-12H2,1H3,(H,28,30). The fourth-order valence-corrected chi connectivity index (χ4v) is 5.77. The molecule has 0 aliphatic carbocycles. The summed E-state index contributed by atoms with van der Waals surface area (Å²) in [6, 6.07) is 9.47. The number of aliphatic hydroxyl groups is 1. The van der Waals surface area contributed by atoms with Gasteiger partial charge >= 0.3 is 0 Å². The first-order valence-corrected chi connectivity index (χ1v) is 13.0. The van der Waals surface area contributed by atoms with E-state index < -0.39 is 23.8 Å². The minimum absolute atomic E-state index is 0.108. The van der Waals surface area contributed by atoms with Crippen molar-refractivity contribution in [3.8, 4) is 0 Å². The van der Waals surface area contributed by atoms with E-state index in [1.807, 2.05) is 11.8 Å². The van der Waals surface area contributed by atoms with Crippen molar-refractivity contribution in [1.29, 1.82) is 0 Å². The number of aryl methyl sites for hydroxylation is 1. The van der Waals surface area contributed by atoms with Crippen molar-refractivity contribution >= 4 is 40.9 Å². The average Bonchev–Trinajstić information content (AvgIpc) is 3.20. The largest absolute Gasteiger partial charge is 0.390 e. The minimum Gasteiger partial charge on any atom is -0.390 e. The molecule has 0 spiro atoms. The highest BCUT2D eigenvalue weighted by Gasteiger charge is 2.26. The summed E-state index contributed by atoms with van der Waals surface area (Å²) in [5.41, 5.74) is 4.28. The number of rotatable bonds is 9. The SMILES string of the molecule is CCc1ccc2c(c1)C(NCC(O)C(Cc1cc(F)cc(F)c1)Nc1nsnc1Cl)CSC2. The van der Waals surface area contributed by atoms with E-state index >= 15 is 0 Å². The van der Waals surface area contributed by atoms with Gasteiger partial charge in [-0.3, -0.25) is 0 Å². The number of aliphatic hydroxyl groups excluding tert-OH is 1. The Balaban J connectivity index is 1.49. The highest BCUT2D eigenvalue weighted by molar-refractivity contribution is 7.98. The first kappa shape index (κ1) is 24.3.